The molecule has 0 atom stereocenters. The molecule has 0 spiro atoms. The van der Waals surface area contributed by atoms with E-state index in [-0.39, 0.29) is 22.9 Å². The molecule has 0 amide bonds. The van der Waals surface area contributed by atoms with Gasteiger partial charge in [0.2, 0.25) is 0 Å². The van der Waals surface area contributed by atoms with Crippen LogP contribution in [0.2, 0.25) is 0 Å². The van der Waals surface area contributed by atoms with Crippen LogP contribution in [0, 0.1) is 0 Å². The second kappa shape index (κ2) is 12.6. The summed E-state index contributed by atoms with van der Waals surface area (Å²) in [4.78, 5) is 38.2. The maximum absolute atomic E-state index is 11.3. The number of ether oxygens (including phenoxy) is 2. The number of thiol groups is 1. The Kier molecular flexibility index (Phi) is 9.83. The third kappa shape index (κ3) is 6.02. The molecule has 4 aromatic heterocycles. The van der Waals surface area contributed by atoms with Gasteiger partial charge in [0.25, 0.3) is 0 Å². The number of esters is 2. The molecule has 0 aliphatic rings. The standard InChI is InChI=1S/C10H7BrN2O3.C10H8N2O3.BHNS/c1-16-10(15)7-8(14)6-5(9(11)13-7)3-2-4-12-6;1-15-10(14)8-9(13)7-6(5-12-8)3-2-4-11-7;1-2-3/h2-4,14H,1H3;2-5,13H,1H3;3H. The van der Waals surface area contributed by atoms with Crippen LogP contribution in [0.25, 0.3) is 21.8 Å². The second-order valence-corrected chi connectivity index (χ2v) is 6.98. The number of carbonyl (C=O) groups excluding carboxylic acids is 2. The van der Waals surface area contributed by atoms with E-state index < -0.39 is 11.9 Å². The Morgan fingerprint density at radius 1 is 0.971 bits per heavy atom. The van der Waals surface area contributed by atoms with Gasteiger partial charge in [-0.25, -0.2) is 19.6 Å². The quantitative estimate of drug-likeness (QED) is 0.148. The van der Waals surface area contributed by atoms with Gasteiger partial charge in [0.1, 0.15) is 15.6 Å². The van der Waals surface area contributed by atoms with Crippen LogP contribution in [0.3, 0.4) is 0 Å². The number of pyridine rings is 4. The van der Waals surface area contributed by atoms with Crippen LogP contribution in [-0.2, 0) is 9.47 Å². The van der Waals surface area contributed by atoms with E-state index in [1.54, 1.807) is 24.3 Å². The number of nitrogens with zero attached hydrogens (tertiary/aromatic N) is 5. The van der Waals surface area contributed by atoms with Crippen molar-refractivity contribution in [3.63, 3.8) is 0 Å². The van der Waals surface area contributed by atoms with Crippen molar-refractivity contribution in [2.75, 3.05) is 14.2 Å². The van der Waals surface area contributed by atoms with Crippen molar-refractivity contribution in [3.8, 4) is 11.5 Å². The van der Waals surface area contributed by atoms with E-state index in [0.29, 0.717) is 26.4 Å². The predicted molar refractivity (Wildman–Crippen MR) is 130 cm³/mol. The normalized spacial score (nSPS) is 9.74. The Balaban J connectivity index is 0.000000216. The Labute approximate surface area is 208 Å². The SMILES string of the molecule is COC(=O)c1nc(Br)c2cccnc2c1O.COC(=O)c1ncc2cccnc2c1O.[B]=NS. The first kappa shape index (κ1) is 26.6. The third-order valence-electron chi connectivity index (χ3n) is 4.07. The van der Waals surface area contributed by atoms with Gasteiger partial charge in [0.05, 0.1) is 14.2 Å². The van der Waals surface area contributed by atoms with Gasteiger partial charge in [-0.1, -0.05) is 0 Å². The zero-order valence-corrected chi connectivity index (χ0v) is 20.2. The Bertz CT molecular complexity index is 1360. The summed E-state index contributed by atoms with van der Waals surface area (Å²) in [6, 6.07) is 6.92. The first-order valence-electron chi connectivity index (χ1n) is 9.07. The minimum absolute atomic E-state index is 0.122. The van der Waals surface area contributed by atoms with Gasteiger partial charge in [0, 0.05) is 29.4 Å². The minimum atomic E-state index is -0.703. The van der Waals surface area contributed by atoms with E-state index in [9.17, 15) is 19.8 Å². The van der Waals surface area contributed by atoms with E-state index in [4.69, 9.17) is 0 Å². The number of hydrogen-bond acceptors (Lipinski definition) is 12. The van der Waals surface area contributed by atoms with Gasteiger partial charge >= 0.3 is 36.7 Å². The molecule has 11 nitrogen and oxygen atoms in total. The van der Waals surface area contributed by atoms with Crippen LogP contribution in [0.5, 0.6) is 11.5 Å². The summed E-state index contributed by atoms with van der Waals surface area (Å²) in [5, 5.41) is 20.9. The van der Waals surface area contributed by atoms with E-state index in [2.05, 4.69) is 70.1 Å². The molecule has 0 fully saturated rings. The topological polar surface area (TPSA) is 157 Å². The Morgan fingerprint density at radius 3 is 2.12 bits per heavy atom. The van der Waals surface area contributed by atoms with Crippen LogP contribution < -0.4 is 0 Å². The molecule has 0 aliphatic carbocycles. The van der Waals surface area contributed by atoms with Gasteiger partial charge in [0.15, 0.2) is 22.9 Å². The summed E-state index contributed by atoms with van der Waals surface area (Å²) >= 11 is 6.40. The first-order valence-corrected chi connectivity index (χ1v) is 10.3. The van der Waals surface area contributed by atoms with Crippen molar-refractivity contribution in [2.24, 2.45) is 4.30 Å². The zero-order valence-electron chi connectivity index (χ0n) is 17.7. The fraction of sp³-hybridized carbons (Fsp3) is 0.100. The van der Waals surface area contributed by atoms with Crippen molar-refractivity contribution >= 4 is 70.1 Å². The van der Waals surface area contributed by atoms with Gasteiger partial charge in [-0.2, -0.15) is 0 Å². The van der Waals surface area contributed by atoms with Crippen LogP contribution in [0.1, 0.15) is 21.0 Å². The van der Waals surface area contributed by atoms with Gasteiger partial charge < -0.3 is 19.7 Å². The molecule has 4 rings (SSSR count). The van der Waals surface area contributed by atoms with E-state index >= 15 is 0 Å². The summed E-state index contributed by atoms with van der Waals surface area (Å²) < 4.78 is 12.1. The molecular formula is C20H16BBrN5O6S. The van der Waals surface area contributed by atoms with Crippen molar-refractivity contribution in [2.45, 2.75) is 0 Å². The maximum atomic E-state index is 11.3. The number of methoxy groups -OCH3 is 2. The summed E-state index contributed by atoms with van der Waals surface area (Å²) in [5.74, 6) is -1.91. The number of rotatable bonds is 2. The summed E-state index contributed by atoms with van der Waals surface area (Å²) in [7, 11) is 6.79. The van der Waals surface area contributed by atoms with E-state index in [1.807, 2.05) is 0 Å². The monoisotopic (exact) mass is 544 g/mol. The van der Waals surface area contributed by atoms with Gasteiger partial charge in [-0.15, -0.1) is 0 Å². The van der Waals surface area contributed by atoms with Crippen LogP contribution in [0.15, 0.2) is 51.8 Å². The second-order valence-electron chi connectivity index (χ2n) is 5.99. The van der Waals surface area contributed by atoms with Crippen molar-refractivity contribution in [1.29, 1.82) is 0 Å². The molecule has 173 valence electrons. The molecule has 0 unspecified atom stereocenters. The summed E-state index contributed by atoms with van der Waals surface area (Å²) in [6.07, 6.45) is 4.52. The van der Waals surface area contributed by atoms with Crippen LogP contribution in [-0.4, -0.2) is 63.9 Å². The number of hydrogen-bond donors (Lipinski definition) is 3. The summed E-state index contributed by atoms with van der Waals surface area (Å²) in [6.45, 7) is 0. The van der Waals surface area contributed by atoms with Crippen molar-refractivity contribution in [3.05, 3.63) is 58.8 Å². The fourth-order valence-corrected chi connectivity index (χ4v) is 3.09. The molecule has 0 aliphatic heterocycles. The number of fused-ring (bicyclic) bond motifs is 2. The molecule has 34 heavy (non-hydrogen) atoms. The average Bonchev–Trinajstić information content (AvgIpc) is 2.86. The third-order valence-corrected chi connectivity index (χ3v) is 4.67. The van der Waals surface area contributed by atoms with Crippen LogP contribution in [0.4, 0.5) is 0 Å². The number of aromatic hydroxyl groups is 2. The Hall–Kier alpha value is -3.65. The molecule has 0 saturated carbocycles. The van der Waals surface area contributed by atoms with Crippen LogP contribution >= 0.6 is 28.7 Å². The average molecular weight is 545 g/mol. The number of halogens is 1. The van der Waals surface area contributed by atoms with Crippen molar-refractivity contribution < 1.29 is 29.3 Å². The molecule has 2 N–H and O–H groups in total. The molecule has 0 saturated heterocycles. The molecule has 4 aromatic rings. The molecule has 0 bridgehead atoms. The van der Waals surface area contributed by atoms with E-state index in [1.165, 1.54) is 32.8 Å². The molecule has 1 radical (unpaired) electrons. The van der Waals surface area contributed by atoms with Gasteiger partial charge in [-0.3, -0.25) is 9.97 Å². The summed E-state index contributed by atoms with van der Waals surface area (Å²) in [5.41, 5.74) is 0.377. The van der Waals surface area contributed by atoms with E-state index in [0.717, 1.165) is 0 Å². The molecule has 4 heterocycles. The first-order chi connectivity index (χ1) is 16.3. The van der Waals surface area contributed by atoms with Gasteiger partial charge in [-0.05, 0) is 40.2 Å². The molecular weight excluding hydrogens is 529 g/mol. The Morgan fingerprint density at radius 2 is 1.50 bits per heavy atom. The molecule has 0 aromatic carbocycles. The number of carbonyl (C=O) groups is 2. The number of aromatic nitrogens is 4. The van der Waals surface area contributed by atoms with Crippen molar-refractivity contribution in [1.82, 2.24) is 19.9 Å². The zero-order chi connectivity index (χ0) is 25.3. The predicted octanol–water partition coefficient (Wildman–Crippen LogP) is 3.19. The molecule has 14 heteroatoms. The fourth-order valence-electron chi connectivity index (χ4n) is 2.60.